The zero-order chi connectivity index (χ0) is 13.4. The zero-order valence-corrected chi connectivity index (χ0v) is 11.1. The van der Waals surface area contributed by atoms with E-state index in [-0.39, 0.29) is 11.9 Å². The Kier molecular flexibility index (Phi) is 6.22. The third kappa shape index (κ3) is 4.37. The summed E-state index contributed by atoms with van der Waals surface area (Å²) in [6.07, 6.45) is 1.69. The Morgan fingerprint density at radius 2 is 2.00 bits per heavy atom. The van der Waals surface area contributed by atoms with E-state index >= 15 is 0 Å². The quantitative estimate of drug-likeness (QED) is 0.777. The van der Waals surface area contributed by atoms with Crippen molar-refractivity contribution in [1.29, 1.82) is 0 Å². The number of hydrogen-bond donors (Lipinski definition) is 2. The highest BCUT2D eigenvalue weighted by molar-refractivity contribution is 5.94. The van der Waals surface area contributed by atoms with Crippen LogP contribution in [-0.4, -0.2) is 25.1 Å². The molecule has 0 spiro atoms. The molecule has 1 atom stereocenters. The summed E-state index contributed by atoms with van der Waals surface area (Å²) in [5.74, 6) is 0.724. The van der Waals surface area contributed by atoms with Gasteiger partial charge >= 0.3 is 0 Å². The van der Waals surface area contributed by atoms with E-state index in [1.165, 1.54) is 0 Å². The van der Waals surface area contributed by atoms with E-state index in [9.17, 15) is 4.79 Å². The van der Waals surface area contributed by atoms with Crippen LogP contribution in [0.5, 0.6) is 5.75 Å². The minimum absolute atomic E-state index is 0.0571. The number of carbonyl (C=O) groups is 1. The van der Waals surface area contributed by atoms with Crippen LogP contribution in [0.2, 0.25) is 0 Å². The van der Waals surface area contributed by atoms with Crippen LogP contribution in [0.4, 0.5) is 0 Å². The first-order valence-electron chi connectivity index (χ1n) is 6.45. The summed E-state index contributed by atoms with van der Waals surface area (Å²) in [6.45, 7) is 5.18. The van der Waals surface area contributed by atoms with Gasteiger partial charge in [-0.2, -0.15) is 0 Å². The van der Waals surface area contributed by atoms with Crippen molar-refractivity contribution < 1.29 is 9.53 Å². The van der Waals surface area contributed by atoms with Gasteiger partial charge in [0.05, 0.1) is 6.61 Å². The Morgan fingerprint density at radius 1 is 1.33 bits per heavy atom. The molecule has 1 rings (SSSR count). The number of carbonyl (C=O) groups excluding carboxylic acids is 1. The van der Waals surface area contributed by atoms with Crippen molar-refractivity contribution in [3.05, 3.63) is 29.8 Å². The minimum atomic E-state index is -0.0571. The van der Waals surface area contributed by atoms with Crippen LogP contribution in [0.25, 0.3) is 0 Å². The van der Waals surface area contributed by atoms with Crippen LogP contribution < -0.4 is 15.8 Å². The van der Waals surface area contributed by atoms with Gasteiger partial charge in [0.1, 0.15) is 5.75 Å². The average molecular weight is 250 g/mol. The second kappa shape index (κ2) is 7.71. The van der Waals surface area contributed by atoms with Gasteiger partial charge in [-0.15, -0.1) is 0 Å². The van der Waals surface area contributed by atoms with E-state index in [4.69, 9.17) is 10.5 Å². The summed E-state index contributed by atoms with van der Waals surface area (Å²) in [6, 6.07) is 7.31. The number of nitrogens with one attached hydrogen (secondary N) is 1. The van der Waals surface area contributed by atoms with Gasteiger partial charge in [-0.25, -0.2) is 0 Å². The zero-order valence-electron chi connectivity index (χ0n) is 11.1. The number of rotatable bonds is 7. The molecule has 0 radical (unpaired) electrons. The molecule has 18 heavy (non-hydrogen) atoms. The number of hydrogen-bond acceptors (Lipinski definition) is 3. The molecule has 0 bridgehead atoms. The molecule has 1 aromatic rings. The van der Waals surface area contributed by atoms with Crippen LogP contribution in [0.15, 0.2) is 24.3 Å². The SMILES string of the molecule is CCOc1ccc(C(=O)NC(CC)CCN)cc1. The minimum Gasteiger partial charge on any atom is -0.494 e. The first-order valence-corrected chi connectivity index (χ1v) is 6.45. The third-order valence-electron chi connectivity index (χ3n) is 2.77. The molecule has 1 unspecified atom stereocenters. The predicted molar refractivity (Wildman–Crippen MR) is 72.8 cm³/mol. The lowest BCUT2D eigenvalue weighted by Crippen LogP contribution is -2.35. The van der Waals surface area contributed by atoms with Gasteiger partial charge in [0.25, 0.3) is 5.91 Å². The maximum absolute atomic E-state index is 12.0. The maximum Gasteiger partial charge on any atom is 0.251 e. The number of benzene rings is 1. The highest BCUT2D eigenvalue weighted by Crippen LogP contribution is 2.12. The van der Waals surface area contributed by atoms with Gasteiger partial charge in [0.2, 0.25) is 0 Å². The molecule has 0 fully saturated rings. The molecular weight excluding hydrogens is 228 g/mol. The van der Waals surface area contributed by atoms with E-state index in [1.54, 1.807) is 12.1 Å². The molecule has 0 aliphatic carbocycles. The molecule has 0 aliphatic heterocycles. The van der Waals surface area contributed by atoms with E-state index in [0.29, 0.717) is 18.7 Å². The fourth-order valence-electron chi connectivity index (χ4n) is 1.72. The van der Waals surface area contributed by atoms with Gasteiger partial charge in [0, 0.05) is 11.6 Å². The summed E-state index contributed by atoms with van der Waals surface area (Å²) in [7, 11) is 0. The van der Waals surface area contributed by atoms with E-state index in [1.807, 2.05) is 26.0 Å². The fourth-order valence-corrected chi connectivity index (χ4v) is 1.72. The first kappa shape index (κ1) is 14.5. The van der Waals surface area contributed by atoms with Crippen LogP contribution >= 0.6 is 0 Å². The van der Waals surface area contributed by atoms with Gasteiger partial charge in [-0.1, -0.05) is 6.92 Å². The Balaban J connectivity index is 2.60. The third-order valence-corrected chi connectivity index (χ3v) is 2.77. The molecule has 3 N–H and O–H groups in total. The second-order valence-corrected chi connectivity index (χ2v) is 4.11. The lowest BCUT2D eigenvalue weighted by molar-refractivity contribution is 0.0934. The standard InChI is InChI=1S/C14H22N2O2/c1-3-12(9-10-15)16-14(17)11-5-7-13(8-6-11)18-4-2/h5-8,12H,3-4,9-10,15H2,1-2H3,(H,16,17). The Hall–Kier alpha value is -1.55. The molecule has 1 aromatic carbocycles. The predicted octanol–water partition coefficient (Wildman–Crippen LogP) is 1.94. The number of ether oxygens (including phenoxy) is 1. The van der Waals surface area contributed by atoms with Gasteiger partial charge in [-0.3, -0.25) is 4.79 Å². The smallest absolute Gasteiger partial charge is 0.251 e. The summed E-state index contributed by atoms with van der Waals surface area (Å²) in [5.41, 5.74) is 6.15. The lowest BCUT2D eigenvalue weighted by Gasteiger charge is -2.16. The molecule has 0 aromatic heterocycles. The van der Waals surface area contributed by atoms with Crippen LogP contribution in [0.3, 0.4) is 0 Å². The van der Waals surface area contributed by atoms with Crippen molar-refractivity contribution in [2.24, 2.45) is 5.73 Å². The maximum atomic E-state index is 12.0. The molecule has 0 saturated heterocycles. The molecule has 0 heterocycles. The number of nitrogens with two attached hydrogens (primary N) is 1. The molecule has 4 heteroatoms. The molecule has 100 valence electrons. The average Bonchev–Trinajstić information content (AvgIpc) is 2.39. The van der Waals surface area contributed by atoms with Crippen molar-refractivity contribution in [3.63, 3.8) is 0 Å². The summed E-state index contributed by atoms with van der Waals surface area (Å²) < 4.78 is 5.33. The lowest BCUT2D eigenvalue weighted by atomic mass is 10.1. The normalized spacial score (nSPS) is 11.9. The van der Waals surface area contributed by atoms with Crippen LogP contribution in [0.1, 0.15) is 37.0 Å². The summed E-state index contributed by atoms with van der Waals surface area (Å²) in [5, 5.41) is 2.98. The Bertz CT molecular complexity index is 363. The van der Waals surface area contributed by atoms with Gasteiger partial charge < -0.3 is 15.8 Å². The Morgan fingerprint density at radius 3 is 2.50 bits per heavy atom. The van der Waals surface area contributed by atoms with E-state index in [0.717, 1.165) is 18.6 Å². The van der Waals surface area contributed by atoms with Crippen molar-refractivity contribution in [1.82, 2.24) is 5.32 Å². The van der Waals surface area contributed by atoms with E-state index < -0.39 is 0 Å². The van der Waals surface area contributed by atoms with Crippen molar-refractivity contribution >= 4 is 5.91 Å². The van der Waals surface area contributed by atoms with Gasteiger partial charge in [0.15, 0.2) is 0 Å². The second-order valence-electron chi connectivity index (χ2n) is 4.11. The highest BCUT2D eigenvalue weighted by Gasteiger charge is 2.11. The first-order chi connectivity index (χ1) is 8.71. The summed E-state index contributed by atoms with van der Waals surface area (Å²) >= 11 is 0. The van der Waals surface area contributed by atoms with Crippen LogP contribution in [-0.2, 0) is 0 Å². The molecule has 4 nitrogen and oxygen atoms in total. The molecule has 1 amide bonds. The molecule has 0 saturated carbocycles. The molecule has 0 aliphatic rings. The Labute approximate surface area is 109 Å². The molecular formula is C14H22N2O2. The highest BCUT2D eigenvalue weighted by atomic mass is 16.5. The number of amides is 1. The topological polar surface area (TPSA) is 64.3 Å². The largest absolute Gasteiger partial charge is 0.494 e. The summed E-state index contributed by atoms with van der Waals surface area (Å²) in [4.78, 5) is 12.0. The monoisotopic (exact) mass is 250 g/mol. The fraction of sp³-hybridized carbons (Fsp3) is 0.500. The van der Waals surface area contributed by atoms with Crippen molar-refractivity contribution in [2.75, 3.05) is 13.2 Å². The van der Waals surface area contributed by atoms with Gasteiger partial charge in [-0.05, 0) is 50.6 Å². The van der Waals surface area contributed by atoms with E-state index in [2.05, 4.69) is 5.32 Å². The van der Waals surface area contributed by atoms with Crippen LogP contribution in [0, 0.1) is 0 Å². The van der Waals surface area contributed by atoms with Crippen molar-refractivity contribution in [3.8, 4) is 5.75 Å². The van der Waals surface area contributed by atoms with Crippen molar-refractivity contribution in [2.45, 2.75) is 32.7 Å².